The van der Waals surface area contributed by atoms with Crippen LogP contribution in [0, 0.1) is 5.41 Å². The van der Waals surface area contributed by atoms with E-state index in [9.17, 15) is 8.42 Å². The fraction of sp³-hybridized carbons (Fsp3) is 0.857. The lowest BCUT2D eigenvalue weighted by atomic mass is 10.4. The summed E-state index contributed by atoms with van der Waals surface area (Å²) in [6.07, 6.45) is 0. The second kappa shape index (κ2) is 4.57. The van der Waals surface area contributed by atoms with Crippen LogP contribution in [0.2, 0.25) is 0 Å². The van der Waals surface area contributed by atoms with E-state index in [4.69, 9.17) is 11.1 Å². The van der Waals surface area contributed by atoms with Crippen molar-refractivity contribution in [2.45, 2.75) is 26.8 Å². The van der Waals surface area contributed by atoms with E-state index in [2.05, 4.69) is 0 Å². The molecule has 0 aliphatic rings. The molecule has 13 heavy (non-hydrogen) atoms. The molecule has 0 radical (unpaired) electrons. The molecule has 5 nitrogen and oxygen atoms in total. The van der Waals surface area contributed by atoms with E-state index in [1.807, 2.05) is 0 Å². The Morgan fingerprint density at radius 3 is 2.23 bits per heavy atom. The molecule has 0 aromatic carbocycles. The summed E-state index contributed by atoms with van der Waals surface area (Å²) < 4.78 is 24.1. The summed E-state index contributed by atoms with van der Waals surface area (Å²) in [5.41, 5.74) is 5.16. The van der Waals surface area contributed by atoms with Crippen molar-refractivity contribution in [2.75, 3.05) is 12.3 Å². The molecule has 0 spiro atoms. The molecule has 0 unspecified atom stereocenters. The van der Waals surface area contributed by atoms with Crippen LogP contribution in [0.25, 0.3) is 0 Å². The molecule has 0 saturated carbocycles. The zero-order valence-corrected chi connectivity index (χ0v) is 9.06. The second-order valence-electron chi connectivity index (χ2n) is 3.06. The molecular formula is C7H17N3O2S. The van der Waals surface area contributed by atoms with E-state index in [0.29, 0.717) is 0 Å². The molecule has 0 rings (SSSR count). The third-order valence-corrected chi connectivity index (χ3v) is 3.62. The molecule has 0 atom stereocenters. The zero-order valence-electron chi connectivity index (χ0n) is 8.24. The van der Waals surface area contributed by atoms with Crippen molar-refractivity contribution >= 4 is 15.9 Å². The molecule has 0 amide bonds. The van der Waals surface area contributed by atoms with Gasteiger partial charge in [0.05, 0.1) is 12.3 Å². The lowest BCUT2D eigenvalue weighted by molar-refractivity contribution is 0.390. The van der Waals surface area contributed by atoms with Crippen molar-refractivity contribution in [3.8, 4) is 0 Å². The number of amidine groups is 1. The molecule has 0 aliphatic carbocycles. The molecule has 0 fully saturated rings. The topological polar surface area (TPSA) is 87.2 Å². The number of hydrogen-bond donors (Lipinski definition) is 2. The monoisotopic (exact) mass is 207 g/mol. The van der Waals surface area contributed by atoms with Gasteiger partial charge in [-0.25, -0.2) is 8.42 Å². The Bertz CT molecular complexity index is 271. The van der Waals surface area contributed by atoms with Crippen LogP contribution < -0.4 is 5.73 Å². The highest BCUT2D eigenvalue weighted by molar-refractivity contribution is 7.89. The van der Waals surface area contributed by atoms with Crippen LogP contribution in [-0.2, 0) is 10.0 Å². The summed E-state index contributed by atoms with van der Waals surface area (Å²) in [6.45, 7) is 5.07. The first kappa shape index (κ1) is 12.4. The van der Waals surface area contributed by atoms with Gasteiger partial charge in [-0.05, 0) is 20.8 Å². The van der Waals surface area contributed by atoms with Crippen molar-refractivity contribution in [3.05, 3.63) is 0 Å². The lowest BCUT2D eigenvalue weighted by Gasteiger charge is -2.24. The first-order valence-electron chi connectivity index (χ1n) is 4.13. The van der Waals surface area contributed by atoms with Gasteiger partial charge in [0.25, 0.3) is 0 Å². The van der Waals surface area contributed by atoms with Gasteiger partial charge in [0.1, 0.15) is 5.84 Å². The third-order valence-electron chi connectivity index (χ3n) is 1.62. The molecule has 0 bridgehead atoms. The van der Waals surface area contributed by atoms with Gasteiger partial charge in [-0.1, -0.05) is 0 Å². The summed E-state index contributed by atoms with van der Waals surface area (Å²) in [7, 11) is -3.24. The van der Waals surface area contributed by atoms with Crippen molar-refractivity contribution < 1.29 is 8.42 Å². The Kier molecular flexibility index (Phi) is 4.35. The standard InChI is InChI=1S/C7H17N3O2S/c1-4-13(11,12)10(6(2)3)5-7(8)9/h6H,4-5H2,1-3H3,(H3,8,9). The van der Waals surface area contributed by atoms with Crippen molar-refractivity contribution in [1.82, 2.24) is 4.31 Å². The van der Waals surface area contributed by atoms with Crippen LogP contribution >= 0.6 is 0 Å². The van der Waals surface area contributed by atoms with Gasteiger partial charge in [-0.2, -0.15) is 4.31 Å². The Morgan fingerprint density at radius 2 is 2.00 bits per heavy atom. The minimum atomic E-state index is -3.24. The summed E-state index contributed by atoms with van der Waals surface area (Å²) in [5.74, 6) is -0.0934. The van der Waals surface area contributed by atoms with Crippen LogP contribution in [0.4, 0.5) is 0 Å². The van der Waals surface area contributed by atoms with Crippen molar-refractivity contribution in [1.29, 1.82) is 5.41 Å². The fourth-order valence-electron chi connectivity index (χ4n) is 0.936. The van der Waals surface area contributed by atoms with Gasteiger partial charge >= 0.3 is 0 Å². The number of rotatable bonds is 5. The maximum Gasteiger partial charge on any atom is 0.214 e. The summed E-state index contributed by atoms with van der Waals surface area (Å²) in [6, 6.07) is -0.158. The Labute approximate surface area is 79.5 Å². The normalized spacial score (nSPS) is 12.4. The number of nitrogens with one attached hydrogen (secondary N) is 1. The quantitative estimate of drug-likeness (QED) is 0.490. The summed E-state index contributed by atoms with van der Waals surface area (Å²) in [5, 5.41) is 7.04. The summed E-state index contributed by atoms with van der Waals surface area (Å²) in [4.78, 5) is 0. The van der Waals surface area contributed by atoms with Crippen LogP contribution in [-0.4, -0.2) is 36.9 Å². The Morgan fingerprint density at radius 1 is 1.54 bits per heavy atom. The van der Waals surface area contributed by atoms with Gasteiger partial charge in [0, 0.05) is 6.04 Å². The minimum absolute atomic E-state index is 0.0200. The predicted octanol–water partition coefficient (Wildman–Crippen LogP) is -0.0175. The van der Waals surface area contributed by atoms with E-state index < -0.39 is 10.0 Å². The molecule has 0 aromatic heterocycles. The average molecular weight is 207 g/mol. The maximum atomic E-state index is 11.5. The number of nitrogens with two attached hydrogens (primary N) is 1. The Balaban J connectivity index is 4.72. The van der Waals surface area contributed by atoms with Crippen molar-refractivity contribution in [2.24, 2.45) is 5.73 Å². The molecule has 3 N–H and O–H groups in total. The highest BCUT2D eigenvalue weighted by Gasteiger charge is 2.23. The van der Waals surface area contributed by atoms with Crippen LogP contribution in [0.1, 0.15) is 20.8 Å². The molecule has 0 saturated heterocycles. The first-order valence-corrected chi connectivity index (χ1v) is 5.74. The first-order chi connectivity index (χ1) is 5.81. The van der Waals surface area contributed by atoms with Gasteiger partial charge in [-0.3, -0.25) is 5.41 Å². The lowest BCUT2D eigenvalue weighted by Crippen LogP contribution is -2.43. The van der Waals surface area contributed by atoms with Gasteiger partial charge in [0.2, 0.25) is 10.0 Å². The molecular weight excluding hydrogens is 190 g/mol. The number of nitrogens with zero attached hydrogens (tertiary/aromatic N) is 1. The van der Waals surface area contributed by atoms with Crippen LogP contribution in [0.15, 0.2) is 0 Å². The predicted molar refractivity (Wildman–Crippen MR) is 53.2 cm³/mol. The SMILES string of the molecule is CCS(=O)(=O)N(CC(=N)N)C(C)C. The molecule has 0 heterocycles. The average Bonchev–Trinajstić information content (AvgIpc) is 1.99. The minimum Gasteiger partial charge on any atom is -0.387 e. The third kappa shape index (κ3) is 3.73. The largest absolute Gasteiger partial charge is 0.387 e. The molecule has 6 heteroatoms. The highest BCUT2D eigenvalue weighted by Crippen LogP contribution is 2.06. The van der Waals surface area contributed by atoms with Crippen LogP contribution in [0.5, 0.6) is 0 Å². The van der Waals surface area contributed by atoms with Crippen molar-refractivity contribution in [3.63, 3.8) is 0 Å². The number of sulfonamides is 1. The Hall–Kier alpha value is -0.620. The van der Waals surface area contributed by atoms with E-state index in [1.54, 1.807) is 20.8 Å². The molecule has 0 aromatic rings. The summed E-state index contributed by atoms with van der Waals surface area (Å²) >= 11 is 0. The van der Waals surface area contributed by atoms with E-state index >= 15 is 0 Å². The fourth-order valence-corrected chi connectivity index (χ4v) is 2.25. The smallest absolute Gasteiger partial charge is 0.214 e. The van der Waals surface area contributed by atoms with E-state index in [-0.39, 0.29) is 24.2 Å². The molecule has 78 valence electrons. The van der Waals surface area contributed by atoms with Gasteiger partial charge < -0.3 is 5.73 Å². The van der Waals surface area contributed by atoms with E-state index in [0.717, 1.165) is 0 Å². The van der Waals surface area contributed by atoms with E-state index in [1.165, 1.54) is 4.31 Å². The maximum absolute atomic E-state index is 11.5. The highest BCUT2D eigenvalue weighted by atomic mass is 32.2. The van der Waals surface area contributed by atoms with Gasteiger partial charge in [-0.15, -0.1) is 0 Å². The number of hydrogen-bond acceptors (Lipinski definition) is 3. The second-order valence-corrected chi connectivity index (χ2v) is 5.27. The van der Waals surface area contributed by atoms with Gasteiger partial charge in [0.15, 0.2) is 0 Å². The molecule has 0 aliphatic heterocycles. The van der Waals surface area contributed by atoms with Crippen LogP contribution in [0.3, 0.4) is 0 Å². The zero-order chi connectivity index (χ0) is 10.6.